The van der Waals surface area contributed by atoms with Gasteiger partial charge in [-0.15, -0.1) is 0 Å². The van der Waals surface area contributed by atoms with Crippen LogP contribution >= 0.6 is 0 Å². The largest absolute Gasteiger partial charge is 0.394 e. The zero-order valence-electron chi connectivity index (χ0n) is 8.89. The minimum absolute atomic E-state index is 0.254. The molecule has 0 saturated carbocycles. The van der Waals surface area contributed by atoms with Gasteiger partial charge in [0.05, 0.1) is 18.8 Å². The van der Waals surface area contributed by atoms with Crippen LogP contribution in [0.5, 0.6) is 0 Å². The molecule has 0 aromatic heterocycles. The molecule has 0 amide bonds. The van der Waals surface area contributed by atoms with E-state index in [1.807, 2.05) is 0 Å². The van der Waals surface area contributed by atoms with E-state index in [1.54, 1.807) is 0 Å². The highest BCUT2D eigenvalue weighted by atomic mass is 16.3. The van der Waals surface area contributed by atoms with E-state index in [-0.39, 0.29) is 13.0 Å². The van der Waals surface area contributed by atoms with Crippen LogP contribution in [0.3, 0.4) is 0 Å². The number of aliphatic hydroxyl groups excluding tert-OH is 3. The molecule has 4 nitrogen and oxygen atoms in total. The lowest BCUT2D eigenvalue weighted by Crippen LogP contribution is -2.38. The van der Waals surface area contributed by atoms with E-state index in [4.69, 9.17) is 15.9 Å². The number of rotatable bonds is 8. The summed E-state index contributed by atoms with van der Waals surface area (Å²) in [6, 6.07) is -0.436. The number of unbranched alkanes of at least 4 members (excludes halogenated alkanes) is 2. The number of hydrogen-bond donors (Lipinski definition) is 4. The second-order valence-corrected chi connectivity index (χ2v) is 3.80. The fourth-order valence-corrected chi connectivity index (χ4v) is 1.36. The fourth-order valence-electron chi connectivity index (χ4n) is 1.36. The van der Waals surface area contributed by atoms with Gasteiger partial charge in [0.1, 0.15) is 0 Å². The first-order chi connectivity index (χ1) is 6.61. The lowest BCUT2D eigenvalue weighted by Gasteiger charge is -2.20. The highest BCUT2D eigenvalue weighted by molar-refractivity contribution is 4.74. The van der Waals surface area contributed by atoms with Crippen LogP contribution in [0.1, 0.15) is 39.0 Å². The predicted molar refractivity (Wildman–Crippen MR) is 55.8 cm³/mol. The maximum atomic E-state index is 9.57. The van der Waals surface area contributed by atoms with E-state index in [2.05, 4.69) is 6.92 Å². The SMILES string of the molecule is CCCCC[C@@H](O)[C@H](N)CC(O)CO. The minimum Gasteiger partial charge on any atom is -0.394 e. The summed E-state index contributed by atoms with van der Waals surface area (Å²) in [5.41, 5.74) is 5.65. The molecule has 5 N–H and O–H groups in total. The van der Waals surface area contributed by atoms with Crippen molar-refractivity contribution in [2.75, 3.05) is 6.61 Å². The Balaban J connectivity index is 3.58. The molecule has 0 aliphatic heterocycles. The highest BCUT2D eigenvalue weighted by Gasteiger charge is 2.17. The van der Waals surface area contributed by atoms with Crippen LogP contribution in [0.4, 0.5) is 0 Å². The van der Waals surface area contributed by atoms with Gasteiger partial charge >= 0.3 is 0 Å². The van der Waals surface area contributed by atoms with Crippen molar-refractivity contribution < 1.29 is 15.3 Å². The van der Waals surface area contributed by atoms with Crippen molar-refractivity contribution >= 4 is 0 Å². The average molecular weight is 205 g/mol. The van der Waals surface area contributed by atoms with Crippen molar-refractivity contribution in [3.63, 3.8) is 0 Å². The van der Waals surface area contributed by atoms with Crippen LogP contribution in [-0.2, 0) is 0 Å². The number of nitrogens with two attached hydrogens (primary N) is 1. The molecule has 86 valence electrons. The third-order valence-electron chi connectivity index (χ3n) is 2.35. The summed E-state index contributed by atoms with van der Waals surface area (Å²) in [5.74, 6) is 0. The topological polar surface area (TPSA) is 86.7 Å². The first-order valence-electron chi connectivity index (χ1n) is 5.34. The summed E-state index contributed by atoms with van der Waals surface area (Å²) in [6.07, 6.45) is 2.71. The molecule has 14 heavy (non-hydrogen) atoms. The quantitative estimate of drug-likeness (QED) is 0.420. The lowest BCUT2D eigenvalue weighted by molar-refractivity contribution is 0.0547. The third kappa shape index (κ3) is 6.32. The Morgan fingerprint density at radius 3 is 2.36 bits per heavy atom. The molecule has 0 aliphatic carbocycles. The van der Waals surface area contributed by atoms with Crippen LogP contribution in [0.2, 0.25) is 0 Å². The van der Waals surface area contributed by atoms with Gasteiger partial charge in [-0.2, -0.15) is 0 Å². The van der Waals surface area contributed by atoms with Crippen molar-refractivity contribution in [1.82, 2.24) is 0 Å². The van der Waals surface area contributed by atoms with Gasteiger partial charge in [0, 0.05) is 6.04 Å². The van der Waals surface area contributed by atoms with E-state index < -0.39 is 18.2 Å². The second-order valence-electron chi connectivity index (χ2n) is 3.80. The Bertz CT molecular complexity index is 133. The summed E-state index contributed by atoms with van der Waals surface area (Å²) >= 11 is 0. The van der Waals surface area contributed by atoms with Crippen molar-refractivity contribution in [2.45, 2.75) is 57.3 Å². The minimum atomic E-state index is -0.814. The number of hydrogen-bond acceptors (Lipinski definition) is 4. The third-order valence-corrected chi connectivity index (χ3v) is 2.35. The van der Waals surface area contributed by atoms with E-state index in [9.17, 15) is 5.11 Å². The second kappa shape index (κ2) is 8.17. The van der Waals surface area contributed by atoms with Crippen LogP contribution in [0.15, 0.2) is 0 Å². The molecule has 0 heterocycles. The van der Waals surface area contributed by atoms with E-state index in [1.165, 1.54) is 0 Å². The Morgan fingerprint density at radius 2 is 1.86 bits per heavy atom. The van der Waals surface area contributed by atoms with Gasteiger partial charge in [-0.05, 0) is 12.8 Å². The van der Waals surface area contributed by atoms with Crippen molar-refractivity contribution in [1.29, 1.82) is 0 Å². The molecular formula is C10H23NO3. The molecule has 0 bridgehead atoms. The Kier molecular flexibility index (Phi) is 8.08. The summed E-state index contributed by atoms with van der Waals surface area (Å²) in [4.78, 5) is 0. The Hall–Kier alpha value is -0.160. The van der Waals surface area contributed by atoms with E-state index in [0.29, 0.717) is 6.42 Å². The van der Waals surface area contributed by atoms with Gasteiger partial charge in [0.25, 0.3) is 0 Å². The molecular weight excluding hydrogens is 182 g/mol. The first-order valence-corrected chi connectivity index (χ1v) is 5.34. The van der Waals surface area contributed by atoms with Crippen LogP contribution in [0, 0.1) is 0 Å². The molecule has 0 aromatic rings. The molecule has 0 spiro atoms. The van der Waals surface area contributed by atoms with Gasteiger partial charge in [0.2, 0.25) is 0 Å². The fraction of sp³-hybridized carbons (Fsp3) is 1.00. The summed E-state index contributed by atoms with van der Waals surface area (Å²) in [5, 5.41) is 27.3. The van der Waals surface area contributed by atoms with Gasteiger partial charge < -0.3 is 21.1 Å². The van der Waals surface area contributed by atoms with Crippen molar-refractivity contribution in [3.8, 4) is 0 Å². The summed E-state index contributed by atoms with van der Waals surface area (Å²) < 4.78 is 0. The van der Waals surface area contributed by atoms with Gasteiger partial charge in [-0.25, -0.2) is 0 Å². The van der Waals surface area contributed by atoms with Gasteiger partial charge in [-0.3, -0.25) is 0 Å². The van der Waals surface area contributed by atoms with Gasteiger partial charge in [-0.1, -0.05) is 26.2 Å². The first kappa shape index (κ1) is 13.8. The smallest absolute Gasteiger partial charge is 0.0786 e. The summed E-state index contributed by atoms with van der Waals surface area (Å²) in [7, 11) is 0. The molecule has 0 aliphatic rings. The molecule has 1 unspecified atom stereocenters. The van der Waals surface area contributed by atoms with Crippen molar-refractivity contribution in [2.24, 2.45) is 5.73 Å². The molecule has 0 aromatic carbocycles. The van der Waals surface area contributed by atoms with Gasteiger partial charge in [0.15, 0.2) is 0 Å². The molecule has 3 atom stereocenters. The van der Waals surface area contributed by atoms with Crippen LogP contribution < -0.4 is 5.73 Å². The van der Waals surface area contributed by atoms with E-state index in [0.717, 1.165) is 19.3 Å². The van der Waals surface area contributed by atoms with E-state index >= 15 is 0 Å². The molecule has 0 radical (unpaired) electrons. The zero-order chi connectivity index (χ0) is 11.0. The molecule has 0 fully saturated rings. The highest BCUT2D eigenvalue weighted by Crippen LogP contribution is 2.09. The average Bonchev–Trinajstić information content (AvgIpc) is 2.17. The lowest BCUT2D eigenvalue weighted by atomic mass is 10.00. The Morgan fingerprint density at radius 1 is 1.21 bits per heavy atom. The van der Waals surface area contributed by atoms with Crippen LogP contribution in [-0.4, -0.2) is 40.2 Å². The molecule has 0 rings (SSSR count). The number of aliphatic hydroxyl groups is 3. The van der Waals surface area contributed by atoms with Crippen molar-refractivity contribution in [3.05, 3.63) is 0 Å². The molecule has 4 heteroatoms. The summed E-state index contributed by atoms with van der Waals surface area (Å²) in [6.45, 7) is 1.80. The van der Waals surface area contributed by atoms with Crippen LogP contribution in [0.25, 0.3) is 0 Å². The maximum Gasteiger partial charge on any atom is 0.0786 e. The zero-order valence-corrected chi connectivity index (χ0v) is 8.89. The normalized spacial score (nSPS) is 17.8. The molecule has 0 saturated heterocycles. The predicted octanol–water partition coefficient (Wildman–Crippen LogP) is -0.00180. The Labute approximate surface area is 85.7 Å². The monoisotopic (exact) mass is 205 g/mol. The standard InChI is InChI=1S/C10H23NO3/c1-2-3-4-5-10(14)9(11)6-8(13)7-12/h8-10,12-14H,2-7,11H2,1H3/t8?,9-,10-/m1/s1. The maximum absolute atomic E-state index is 9.57.